The van der Waals surface area contributed by atoms with Crippen molar-refractivity contribution in [1.82, 2.24) is 10.6 Å². The highest BCUT2D eigenvalue weighted by molar-refractivity contribution is 5.95. The van der Waals surface area contributed by atoms with Gasteiger partial charge < -0.3 is 15.5 Å². The third-order valence-electron chi connectivity index (χ3n) is 5.50. The van der Waals surface area contributed by atoms with E-state index in [2.05, 4.69) is 34.7 Å². The highest BCUT2D eigenvalue weighted by Crippen LogP contribution is 2.36. The predicted molar refractivity (Wildman–Crippen MR) is 103 cm³/mol. The molecule has 2 aliphatic rings. The quantitative estimate of drug-likeness (QED) is 0.639. The molecule has 1 aliphatic carbocycles. The maximum absolute atomic E-state index is 11.8. The van der Waals surface area contributed by atoms with E-state index in [-0.39, 0.29) is 5.91 Å². The second-order valence-electron chi connectivity index (χ2n) is 7.61. The molecule has 1 aromatic rings. The first-order valence-corrected chi connectivity index (χ1v) is 9.43. The summed E-state index contributed by atoms with van der Waals surface area (Å²) in [6.45, 7) is 4.90. The monoisotopic (exact) mass is 342 g/mol. The summed E-state index contributed by atoms with van der Waals surface area (Å²) in [7, 11) is 1.81. The Morgan fingerprint density at radius 1 is 1.16 bits per heavy atom. The van der Waals surface area contributed by atoms with Crippen molar-refractivity contribution in [2.45, 2.75) is 52.0 Å². The van der Waals surface area contributed by atoms with Crippen LogP contribution in [0.5, 0.6) is 0 Å². The molecule has 0 radical (unpaired) electrons. The van der Waals surface area contributed by atoms with Gasteiger partial charge in [-0.1, -0.05) is 31.9 Å². The molecule has 5 nitrogen and oxygen atoms in total. The molecule has 0 unspecified atom stereocenters. The SMILES string of the molecule is CN=C(NCc1ccc(N2CCCC2=O)cc1)NCC1(C)CCCC1. The van der Waals surface area contributed by atoms with Crippen LogP contribution in [-0.2, 0) is 11.3 Å². The number of carbonyl (C=O) groups excluding carboxylic acids is 1. The van der Waals surface area contributed by atoms with Crippen LogP contribution in [0, 0.1) is 5.41 Å². The van der Waals surface area contributed by atoms with Gasteiger partial charge in [-0.15, -0.1) is 0 Å². The number of benzene rings is 1. The van der Waals surface area contributed by atoms with E-state index in [0.29, 0.717) is 11.8 Å². The van der Waals surface area contributed by atoms with Crippen LogP contribution in [0.4, 0.5) is 5.69 Å². The van der Waals surface area contributed by atoms with Crippen LogP contribution in [0.2, 0.25) is 0 Å². The first-order valence-electron chi connectivity index (χ1n) is 9.43. The topological polar surface area (TPSA) is 56.7 Å². The molecule has 2 fully saturated rings. The van der Waals surface area contributed by atoms with Crippen LogP contribution < -0.4 is 15.5 Å². The minimum atomic E-state index is 0.232. The van der Waals surface area contributed by atoms with Crippen molar-refractivity contribution in [3.63, 3.8) is 0 Å². The second-order valence-corrected chi connectivity index (χ2v) is 7.61. The van der Waals surface area contributed by atoms with Crippen molar-refractivity contribution < 1.29 is 4.79 Å². The van der Waals surface area contributed by atoms with Gasteiger partial charge in [-0.05, 0) is 42.4 Å². The molecule has 0 aromatic heterocycles. The number of nitrogens with one attached hydrogen (secondary N) is 2. The third kappa shape index (κ3) is 4.53. The number of amides is 1. The first kappa shape index (κ1) is 17.8. The van der Waals surface area contributed by atoms with Gasteiger partial charge in [-0.3, -0.25) is 9.79 Å². The zero-order chi connectivity index (χ0) is 17.7. The summed E-state index contributed by atoms with van der Waals surface area (Å²) >= 11 is 0. The standard InChI is InChI=1S/C20H30N4O/c1-20(11-3-4-12-20)15-23-19(21-2)22-14-16-7-9-17(10-8-16)24-13-5-6-18(24)25/h7-10H,3-6,11-15H2,1-2H3,(H2,21,22,23). The first-order chi connectivity index (χ1) is 12.1. The smallest absolute Gasteiger partial charge is 0.227 e. The van der Waals surface area contributed by atoms with Crippen LogP contribution in [0.1, 0.15) is 51.0 Å². The number of rotatable bonds is 5. The van der Waals surface area contributed by atoms with E-state index >= 15 is 0 Å². The summed E-state index contributed by atoms with van der Waals surface area (Å²) in [4.78, 5) is 18.0. The number of hydrogen-bond acceptors (Lipinski definition) is 2. The Morgan fingerprint density at radius 2 is 1.88 bits per heavy atom. The Bertz CT molecular complexity index is 617. The van der Waals surface area contributed by atoms with E-state index in [4.69, 9.17) is 0 Å². The fourth-order valence-corrected chi connectivity index (χ4v) is 3.82. The number of guanidine groups is 1. The molecule has 1 heterocycles. The molecule has 3 rings (SSSR count). The maximum atomic E-state index is 11.8. The van der Waals surface area contributed by atoms with Gasteiger partial charge in [-0.2, -0.15) is 0 Å². The molecule has 1 aliphatic heterocycles. The Balaban J connectivity index is 1.49. The van der Waals surface area contributed by atoms with Crippen molar-refractivity contribution in [3.8, 4) is 0 Å². The average Bonchev–Trinajstić information content (AvgIpc) is 3.24. The molecule has 25 heavy (non-hydrogen) atoms. The van der Waals surface area contributed by atoms with Crippen LogP contribution >= 0.6 is 0 Å². The summed E-state index contributed by atoms with van der Waals surface area (Å²) in [5, 5.41) is 6.85. The lowest BCUT2D eigenvalue weighted by molar-refractivity contribution is -0.117. The number of carbonyl (C=O) groups is 1. The molecule has 0 spiro atoms. The average molecular weight is 342 g/mol. The van der Waals surface area contributed by atoms with Crippen molar-refractivity contribution in [2.75, 3.05) is 25.0 Å². The van der Waals surface area contributed by atoms with E-state index in [1.165, 1.54) is 31.2 Å². The zero-order valence-corrected chi connectivity index (χ0v) is 15.5. The molecule has 1 saturated heterocycles. The fraction of sp³-hybridized carbons (Fsp3) is 0.600. The largest absolute Gasteiger partial charge is 0.356 e. The van der Waals surface area contributed by atoms with Gasteiger partial charge in [0.05, 0.1) is 0 Å². The van der Waals surface area contributed by atoms with E-state index in [9.17, 15) is 4.79 Å². The van der Waals surface area contributed by atoms with Gasteiger partial charge in [0.25, 0.3) is 0 Å². The fourth-order valence-electron chi connectivity index (χ4n) is 3.82. The van der Waals surface area contributed by atoms with Crippen LogP contribution in [0.3, 0.4) is 0 Å². The minimum Gasteiger partial charge on any atom is -0.356 e. The van der Waals surface area contributed by atoms with Crippen molar-refractivity contribution >= 4 is 17.6 Å². The Morgan fingerprint density at radius 3 is 2.48 bits per heavy atom. The van der Waals surface area contributed by atoms with E-state index in [1.54, 1.807) is 0 Å². The summed E-state index contributed by atoms with van der Waals surface area (Å²) in [5.74, 6) is 1.09. The predicted octanol–water partition coefficient (Wildman–Crippen LogP) is 3.06. The van der Waals surface area contributed by atoms with Gasteiger partial charge in [0.2, 0.25) is 5.91 Å². The molecular weight excluding hydrogens is 312 g/mol. The Hall–Kier alpha value is -2.04. The van der Waals surface area contributed by atoms with Gasteiger partial charge in [0.15, 0.2) is 5.96 Å². The summed E-state index contributed by atoms with van der Waals surface area (Å²) in [5.41, 5.74) is 2.59. The van der Waals surface area contributed by atoms with Gasteiger partial charge in [-0.25, -0.2) is 0 Å². The van der Waals surface area contributed by atoms with Crippen molar-refractivity contribution in [1.29, 1.82) is 0 Å². The molecule has 2 N–H and O–H groups in total. The minimum absolute atomic E-state index is 0.232. The summed E-state index contributed by atoms with van der Waals surface area (Å²) in [6.07, 6.45) is 6.92. The van der Waals surface area contributed by atoms with Gasteiger partial charge in [0, 0.05) is 38.8 Å². The zero-order valence-electron chi connectivity index (χ0n) is 15.5. The summed E-state index contributed by atoms with van der Waals surface area (Å²) in [6, 6.07) is 8.24. The Kier molecular flexibility index (Phi) is 5.61. The van der Waals surface area contributed by atoms with Crippen molar-refractivity contribution in [3.05, 3.63) is 29.8 Å². The number of aliphatic imine (C=N–C) groups is 1. The molecule has 1 aromatic carbocycles. The van der Waals surface area contributed by atoms with E-state index in [0.717, 1.165) is 37.7 Å². The van der Waals surface area contributed by atoms with E-state index in [1.807, 2.05) is 24.1 Å². The van der Waals surface area contributed by atoms with Crippen LogP contribution in [0.25, 0.3) is 0 Å². The number of hydrogen-bond donors (Lipinski definition) is 2. The maximum Gasteiger partial charge on any atom is 0.227 e. The highest BCUT2D eigenvalue weighted by atomic mass is 16.2. The normalized spacial score (nSPS) is 20.2. The third-order valence-corrected chi connectivity index (χ3v) is 5.50. The van der Waals surface area contributed by atoms with Crippen molar-refractivity contribution in [2.24, 2.45) is 10.4 Å². The Labute approximate surface area is 150 Å². The molecule has 1 amide bonds. The molecule has 136 valence electrons. The summed E-state index contributed by atoms with van der Waals surface area (Å²) < 4.78 is 0. The van der Waals surface area contributed by atoms with Gasteiger partial charge in [0.1, 0.15) is 0 Å². The highest BCUT2D eigenvalue weighted by Gasteiger charge is 2.28. The van der Waals surface area contributed by atoms with Crippen LogP contribution in [-0.4, -0.2) is 32.0 Å². The number of anilines is 1. The lowest BCUT2D eigenvalue weighted by atomic mass is 9.89. The molecule has 5 heteroatoms. The van der Waals surface area contributed by atoms with Gasteiger partial charge >= 0.3 is 0 Å². The lowest BCUT2D eigenvalue weighted by Crippen LogP contribution is -2.41. The molecular formula is C20H30N4O. The molecule has 0 atom stereocenters. The number of nitrogens with zero attached hydrogens (tertiary/aromatic N) is 2. The van der Waals surface area contributed by atoms with Crippen LogP contribution in [0.15, 0.2) is 29.3 Å². The lowest BCUT2D eigenvalue weighted by Gasteiger charge is -2.25. The van der Waals surface area contributed by atoms with E-state index < -0.39 is 0 Å². The molecule has 1 saturated carbocycles. The molecule has 0 bridgehead atoms. The second kappa shape index (κ2) is 7.89.